The van der Waals surface area contributed by atoms with Crippen LogP contribution in [0.25, 0.3) is 11.1 Å². The second-order valence-corrected chi connectivity index (χ2v) is 10.1. The van der Waals surface area contributed by atoms with Gasteiger partial charge in [0.25, 0.3) is 0 Å². The zero-order valence-corrected chi connectivity index (χ0v) is 21.2. The van der Waals surface area contributed by atoms with E-state index in [-0.39, 0.29) is 17.9 Å². The first-order valence-electron chi connectivity index (χ1n) is 11.5. The third-order valence-electron chi connectivity index (χ3n) is 5.74. The molecule has 2 atom stereocenters. The SMILES string of the molecule is CC(C)(C)OC(=O)Nc1ccc(Cl)cc1-c1cnc2c(c1)C(O)CC2C(=O)Nc1ccc(C(=O)O)cc1. The molecule has 2 aromatic carbocycles. The number of anilines is 2. The molecule has 1 aromatic heterocycles. The van der Waals surface area contributed by atoms with Crippen molar-refractivity contribution in [2.75, 3.05) is 10.6 Å². The van der Waals surface area contributed by atoms with Crippen LogP contribution >= 0.6 is 11.6 Å². The van der Waals surface area contributed by atoms with Gasteiger partial charge in [-0.2, -0.15) is 0 Å². The summed E-state index contributed by atoms with van der Waals surface area (Å²) in [5.41, 5.74) is 2.43. The van der Waals surface area contributed by atoms with Crippen molar-refractivity contribution in [2.45, 2.75) is 44.8 Å². The summed E-state index contributed by atoms with van der Waals surface area (Å²) in [5, 5.41) is 25.7. The number of carboxylic acids is 1. The largest absolute Gasteiger partial charge is 0.478 e. The first-order chi connectivity index (χ1) is 17.4. The van der Waals surface area contributed by atoms with Crippen LogP contribution in [0.2, 0.25) is 5.02 Å². The molecule has 0 bridgehead atoms. The normalized spacial score (nSPS) is 16.6. The second kappa shape index (κ2) is 10.2. The van der Waals surface area contributed by atoms with Crippen LogP contribution in [0.1, 0.15) is 60.8 Å². The molecule has 0 saturated heterocycles. The van der Waals surface area contributed by atoms with Gasteiger partial charge in [0.2, 0.25) is 5.91 Å². The number of aromatic nitrogens is 1. The summed E-state index contributed by atoms with van der Waals surface area (Å²) >= 11 is 6.23. The van der Waals surface area contributed by atoms with Crippen molar-refractivity contribution in [1.29, 1.82) is 0 Å². The summed E-state index contributed by atoms with van der Waals surface area (Å²) in [6.45, 7) is 5.29. The molecule has 4 rings (SSSR count). The van der Waals surface area contributed by atoms with E-state index in [4.69, 9.17) is 21.4 Å². The molecule has 1 aliphatic carbocycles. The maximum atomic E-state index is 13.0. The molecule has 2 amide bonds. The Morgan fingerprint density at radius 2 is 1.76 bits per heavy atom. The molecule has 0 radical (unpaired) electrons. The predicted octanol–water partition coefficient (Wildman–Crippen LogP) is 5.61. The first kappa shape index (κ1) is 26.1. The van der Waals surface area contributed by atoms with Crippen LogP contribution in [-0.2, 0) is 9.53 Å². The number of fused-ring (bicyclic) bond motifs is 1. The highest BCUT2D eigenvalue weighted by Gasteiger charge is 2.36. The van der Waals surface area contributed by atoms with Crippen LogP contribution in [-0.4, -0.2) is 38.8 Å². The van der Waals surface area contributed by atoms with Gasteiger partial charge in [-0.05, 0) is 75.7 Å². The van der Waals surface area contributed by atoms with E-state index in [2.05, 4.69) is 15.6 Å². The van der Waals surface area contributed by atoms with Gasteiger partial charge in [-0.15, -0.1) is 0 Å². The number of halogens is 1. The lowest BCUT2D eigenvalue weighted by Crippen LogP contribution is -2.27. The fraction of sp³-hybridized carbons (Fsp3) is 0.259. The Morgan fingerprint density at radius 1 is 1.05 bits per heavy atom. The summed E-state index contributed by atoms with van der Waals surface area (Å²) in [5.74, 6) is -2.12. The number of aliphatic hydroxyl groups excluding tert-OH is 1. The average Bonchev–Trinajstić information content (AvgIpc) is 3.15. The van der Waals surface area contributed by atoms with Crippen molar-refractivity contribution in [2.24, 2.45) is 0 Å². The number of carbonyl (C=O) groups is 3. The summed E-state index contributed by atoms with van der Waals surface area (Å²) < 4.78 is 5.35. The first-order valence-corrected chi connectivity index (χ1v) is 11.9. The molecule has 2 unspecified atom stereocenters. The van der Waals surface area contributed by atoms with E-state index in [0.717, 1.165) is 0 Å². The number of carbonyl (C=O) groups excluding carboxylic acids is 2. The monoisotopic (exact) mass is 523 g/mol. The van der Waals surface area contributed by atoms with Crippen molar-refractivity contribution < 1.29 is 29.3 Å². The van der Waals surface area contributed by atoms with Crippen molar-refractivity contribution >= 4 is 40.9 Å². The highest BCUT2D eigenvalue weighted by atomic mass is 35.5. The zero-order chi connectivity index (χ0) is 26.9. The molecule has 9 nitrogen and oxygen atoms in total. The van der Waals surface area contributed by atoms with Gasteiger partial charge in [-0.25, -0.2) is 9.59 Å². The lowest BCUT2D eigenvalue weighted by atomic mass is 10.0. The number of nitrogens with one attached hydrogen (secondary N) is 2. The van der Waals surface area contributed by atoms with Crippen LogP contribution in [0.5, 0.6) is 0 Å². The Kier molecular flexibility index (Phi) is 7.20. The van der Waals surface area contributed by atoms with Gasteiger partial charge < -0.3 is 20.3 Å². The maximum absolute atomic E-state index is 13.0. The van der Waals surface area contributed by atoms with Gasteiger partial charge in [0.1, 0.15) is 5.60 Å². The fourth-order valence-electron chi connectivity index (χ4n) is 4.09. The van der Waals surface area contributed by atoms with Gasteiger partial charge in [0.15, 0.2) is 0 Å². The number of pyridine rings is 1. The van der Waals surface area contributed by atoms with Crippen LogP contribution in [0, 0.1) is 0 Å². The fourth-order valence-corrected chi connectivity index (χ4v) is 4.27. The molecular formula is C27H26ClN3O6. The number of ether oxygens (including phenoxy) is 1. The molecule has 192 valence electrons. The molecule has 0 spiro atoms. The third-order valence-corrected chi connectivity index (χ3v) is 5.98. The Morgan fingerprint density at radius 3 is 2.41 bits per heavy atom. The summed E-state index contributed by atoms with van der Waals surface area (Å²) in [6, 6.07) is 12.5. The molecule has 4 N–H and O–H groups in total. The van der Waals surface area contributed by atoms with Crippen LogP contribution < -0.4 is 10.6 Å². The molecule has 0 saturated carbocycles. The van der Waals surface area contributed by atoms with Gasteiger partial charge >= 0.3 is 12.1 Å². The highest BCUT2D eigenvalue weighted by molar-refractivity contribution is 6.31. The van der Waals surface area contributed by atoms with Crippen molar-refractivity contribution in [1.82, 2.24) is 4.98 Å². The van der Waals surface area contributed by atoms with Crippen molar-refractivity contribution in [3.05, 3.63) is 76.6 Å². The lowest BCUT2D eigenvalue weighted by Gasteiger charge is -2.20. The van der Waals surface area contributed by atoms with Gasteiger partial charge in [0.05, 0.1) is 29.0 Å². The predicted molar refractivity (Wildman–Crippen MR) is 139 cm³/mol. The summed E-state index contributed by atoms with van der Waals surface area (Å²) in [6.07, 6.45) is 0.154. The van der Waals surface area contributed by atoms with Crippen LogP contribution in [0.4, 0.5) is 16.2 Å². The van der Waals surface area contributed by atoms with E-state index in [1.54, 1.807) is 51.2 Å². The van der Waals surface area contributed by atoms with Gasteiger partial charge in [-0.3, -0.25) is 15.1 Å². The molecule has 0 aliphatic heterocycles. The number of rotatable bonds is 5. The van der Waals surface area contributed by atoms with Crippen molar-refractivity contribution in [3.8, 4) is 11.1 Å². The molecule has 3 aromatic rings. The molecular weight excluding hydrogens is 498 g/mol. The van der Waals surface area contributed by atoms with Crippen molar-refractivity contribution in [3.63, 3.8) is 0 Å². The number of hydrogen-bond acceptors (Lipinski definition) is 6. The van der Waals surface area contributed by atoms with E-state index in [0.29, 0.717) is 38.8 Å². The Balaban J connectivity index is 1.58. The summed E-state index contributed by atoms with van der Waals surface area (Å²) in [7, 11) is 0. The Labute approximate surface area is 218 Å². The lowest BCUT2D eigenvalue weighted by molar-refractivity contribution is -0.118. The van der Waals surface area contributed by atoms with E-state index in [1.807, 2.05) is 0 Å². The van der Waals surface area contributed by atoms with Crippen LogP contribution in [0.3, 0.4) is 0 Å². The number of benzene rings is 2. The second-order valence-electron chi connectivity index (χ2n) is 9.69. The van der Waals surface area contributed by atoms with E-state index in [1.165, 1.54) is 24.3 Å². The Bertz CT molecular complexity index is 1370. The van der Waals surface area contributed by atoms with E-state index >= 15 is 0 Å². The molecule has 1 heterocycles. The number of nitrogens with zero attached hydrogens (tertiary/aromatic N) is 1. The maximum Gasteiger partial charge on any atom is 0.412 e. The van der Waals surface area contributed by atoms with E-state index < -0.39 is 29.7 Å². The molecule has 10 heteroatoms. The molecule has 0 fully saturated rings. The van der Waals surface area contributed by atoms with Crippen LogP contribution in [0.15, 0.2) is 54.7 Å². The minimum atomic E-state index is -1.06. The third kappa shape index (κ3) is 6.07. The smallest absolute Gasteiger partial charge is 0.412 e. The number of hydrogen-bond donors (Lipinski definition) is 4. The molecule has 1 aliphatic rings. The minimum absolute atomic E-state index is 0.107. The number of carboxylic acid groups (broad SMARTS) is 1. The topological polar surface area (TPSA) is 138 Å². The van der Waals surface area contributed by atoms with Gasteiger partial charge in [-0.1, -0.05) is 11.6 Å². The number of aromatic carboxylic acids is 1. The summed E-state index contributed by atoms with van der Waals surface area (Å²) in [4.78, 5) is 40.9. The van der Waals surface area contributed by atoms with E-state index in [9.17, 15) is 19.5 Å². The minimum Gasteiger partial charge on any atom is -0.478 e. The highest BCUT2D eigenvalue weighted by Crippen LogP contribution is 2.42. The standard InChI is InChI=1S/C27H26ClN3O6/c1-27(2,3)37-26(36)31-21-9-6-16(28)11-18(21)15-10-19-22(32)12-20(23(19)29-13-15)24(33)30-17-7-4-14(5-8-17)25(34)35/h4-11,13,20,22,32H,12H2,1-3H3,(H,30,33)(H,31,36)(H,34,35). The quantitative estimate of drug-likeness (QED) is 0.341. The number of amides is 2. The molecule has 37 heavy (non-hydrogen) atoms. The Hall–Kier alpha value is -3.95. The number of aliphatic hydroxyl groups is 1. The average molecular weight is 524 g/mol. The zero-order valence-electron chi connectivity index (χ0n) is 20.4. The van der Waals surface area contributed by atoms with Gasteiger partial charge in [0, 0.05) is 33.6 Å².